The molecule has 0 N–H and O–H groups in total. The second-order valence-corrected chi connectivity index (χ2v) is 2.57. The molecule has 0 aromatic rings. The van der Waals surface area contributed by atoms with Gasteiger partial charge < -0.3 is 2.85 Å². The predicted molar refractivity (Wildman–Crippen MR) is 68.1 cm³/mol. The average molecular weight is 264 g/mol. The van der Waals surface area contributed by atoms with Crippen LogP contribution in [-0.2, 0) is 19.4 Å². The molecule has 0 heterocycles. The van der Waals surface area contributed by atoms with Crippen molar-refractivity contribution in [1.82, 2.24) is 0 Å². The van der Waals surface area contributed by atoms with Crippen LogP contribution < -0.4 is 0 Å². The number of rotatable bonds is 4. The van der Waals surface area contributed by atoms with E-state index in [1.807, 2.05) is 13.8 Å². The summed E-state index contributed by atoms with van der Waals surface area (Å²) in [6.07, 6.45) is 12.0. The first-order valence-electron chi connectivity index (χ1n) is 4.72. The molecule has 0 aliphatic rings. The molecule has 5 heteroatoms. The van der Waals surface area contributed by atoms with Crippen molar-refractivity contribution in [2.75, 3.05) is 0 Å². The Hall–Kier alpha value is -0.840. The summed E-state index contributed by atoms with van der Waals surface area (Å²) in [7, 11) is 0. The number of allylic oxidation sites excluding steroid dienone is 6. The monoisotopic (exact) mass is 264 g/mol. The SMILES string of the molecule is C/C=C/C=C/C(=O)OOC(=O)/C=C/C=C/C.[Ca+2].[H-].[H-]. The fraction of sp³-hybridized carbons (Fsp3) is 0.167. The van der Waals surface area contributed by atoms with Crippen molar-refractivity contribution < 1.29 is 22.2 Å². The Morgan fingerprint density at radius 2 is 1.18 bits per heavy atom. The minimum absolute atomic E-state index is 0. The van der Waals surface area contributed by atoms with Crippen LogP contribution in [0.3, 0.4) is 0 Å². The van der Waals surface area contributed by atoms with Gasteiger partial charge in [-0.1, -0.05) is 36.5 Å². The number of hydrogen-bond acceptors (Lipinski definition) is 4. The van der Waals surface area contributed by atoms with Gasteiger partial charge in [-0.05, 0) is 13.8 Å². The van der Waals surface area contributed by atoms with Gasteiger partial charge in [0.05, 0.1) is 0 Å². The maximum atomic E-state index is 10.9. The minimum Gasteiger partial charge on any atom is -1.00 e. The van der Waals surface area contributed by atoms with Gasteiger partial charge in [0.25, 0.3) is 0 Å². The summed E-state index contributed by atoms with van der Waals surface area (Å²) >= 11 is 0. The third-order valence-electron chi connectivity index (χ3n) is 1.28. The normalized spacial score (nSPS) is 11.2. The Morgan fingerprint density at radius 1 is 0.824 bits per heavy atom. The van der Waals surface area contributed by atoms with Crippen LogP contribution in [0.25, 0.3) is 0 Å². The van der Waals surface area contributed by atoms with Crippen molar-refractivity contribution in [2.45, 2.75) is 13.8 Å². The fourth-order valence-electron chi connectivity index (χ4n) is 0.628. The molecule has 0 aromatic carbocycles. The molecule has 0 atom stereocenters. The molecule has 0 aliphatic carbocycles. The van der Waals surface area contributed by atoms with E-state index in [4.69, 9.17) is 0 Å². The van der Waals surface area contributed by atoms with Crippen LogP contribution in [0.4, 0.5) is 0 Å². The van der Waals surface area contributed by atoms with Crippen molar-refractivity contribution in [3.8, 4) is 0 Å². The smallest absolute Gasteiger partial charge is 1.00 e. The first-order chi connectivity index (χ1) is 7.70. The molecule has 0 aromatic heterocycles. The molecule has 0 amide bonds. The summed E-state index contributed by atoms with van der Waals surface area (Å²) in [5, 5.41) is 0. The standard InChI is InChI=1S/C12H14O4.Ca.2H/c1-3-5-7-9-11(13)15-16-12(14)10-8-6-4-2;;;/h3-10H,1-2H3;;;/q;+2;2*-1/b5-3+,6-4+,9-7+,10-8+;;;. The number of carbonyl (C=O) groups is 2. The van der Waals surface area contributed by atoms with E-state index in [-0.39, 0.29) is 40.6 Å². The fourth-order valence-corrected chi connectivity index (χ4v) is 0.628. The van der Waals surface area contributed by atoms with Gasteiger partial charge in [-0.15, -0.1) is 0 Å². The molecule has 0 fully saturated rings. The van der Waals surface area contributed by atoms with Crippen LogP contribution in [0.15, 0.2) is 48.6 Å². The van der Waals surface area contributed by atoms with Crippen molar-refractivity contribution in [1.29, 1.82) is 0 Å². The minimum atomic E-state index is -0.745. The van der Waals surface area contributed by atoms with E-state index in [2.05, 4.69) is 9.78 Å². The maximum absolute atomic E-state index is 10.9. The summed E-state index contributed by atoms with van der Waals surface area (Å²) in [5.74, 6) is -1.49. The van der Waals surface area contributed by atoms with Gasteiger partial charge in [0, 0.05) is 12.2 Å². The largest absolute Gasteiger partial charge is 2.00 e. The Bertz CT molecular complexity index is 316. The van der Waals surface area contributed by atoms with Crippen molar-refractivity contribution in [3.63, 3.8) is 0 Å². The topological polar surface area (TPSA) is 52.6 Å². The predicted octanol–water partition coefficient (Wildman–Crippen LogP) is 2.10. The second-order valence-electron chi connectivity index (χ2n) is 2.57. The van der Waals surface area contributed by atoms with E-state index in [0.29, 0.717) is 0 Å². The summed E-state index contributed by atoms with van der Waals surface area (Å²) in [5.41, 5.74) is 0. The quantitative estimate of drug-likeness (QED) is 0.256. The zero-order chi connectivity index (χ0) is 12.2. The van der Waals surface area contributed by atoms with Crippen molar-refractivity contribution in [2.24, 2.45) is 0 Å². The zero-order valence-corrected chi connectivity index (χ0v) is 12.2. The summed E-state index contributed by atoms with van der Waals surface area (Å²) in [6, 6.07) is 0. The Kier molecular flexibility index (Phi) is 14.4. The first kappa shape index (κ1) is 18.5. The van der Waals surface area contributed by atoms with Gasteiger partial charge in [0.2, 0.25) is 0 Å². The maximum Gasteiger partial charge on any atom is 2.00 e. The van der Waals surface area contributed by atoms with Crippen LogP contribution >= 0.6 is 0 Å². The van der Waals surface area contributed by atoms with Gasteiger partial charge in [-0.2, -0.15) is 0 Å². The van der Waals surface area contributed by atoms with Crippen LogP contribution in [0.5, 0.6) is 0 Å². The molecular weight excluding hydrogens is 248 g/mol. The van der Waals surface area contributed by atoms with Crippen molar-refractivity contribution >= 4 is 49.7 Å². The third-order valence-corrected chi connectivity index (χ3v) is 1.28. The molecule has 0 saturated carbocycles. The molecule has 0 unspecified atom stereocenters. The Morgan fingerprint density at radius 3 is 1.47 bits per heavy atom. The van der Waals surface area contributed by atoms with Crippen LogP contribution in [-0.4, -0.2) is 49.7 Å². The van der Waals surface area contributed by atoms with Crippen LogP contribution in [0.1, 0.15) is 16.7 Å². The van der Waals surface area contributed by atoms with E-state index in [1.54, 1.807) is 24.3 Å². The van der Waals surface area contributed by atoms with Gasteiger partial charge in [-0.25, -0.2) is 19.4 Å². The van der Waals surface area contributed by atoms with E-state index < -0.39 is 11.9 Å². The van der Waals surface area contributed by atoms with Gasteiger partial charge in [0.1, 0.15) is 0 Å². The van der Waals surface area contributed by atoms with Crippen LogP contribution in [0.2, 0.25) is 0 Å². The number of carbonyl (C=O) groups excluding carboxylic acids is 2. The Balaban J connectivity index is -0.000000375. The summed E-state index contributed by atoms with van der Waals surface area (Å²) in [4.78, 5) is 30.2. The molecule has 0 radical (unpaired) electrons. The zero-order valence-electron chi connectivity index (χ0n) is 12.0. The summed E-state index contributed by atoms with van der Waals surface area (Å²) in [6.45, 7) is 3.61. The molecule has 0 rings (SSSR count). The number of hydrogen-bond donors (Lipinski definition) is 0. The summed E-state index contributed by atoms with van der Waals surface area (Å²) < 4.78 is 0. The molecule has 17 heavy (non-hydrogen) atoms. The van der Waals surface area contributed by atoms with Crippen molar-refractivity contribution in [3.05, 3.63) is 48.6 Å². The molecule has 0 aliphatic heterocycles. The third kappa shape index (κ3) is 13.1. The molecule has 0 saturated heterocycles. The van der Waals surface area contributed by atoms with E-state index in [1.165, 1.54) is 12.2 Å². The second kappa shape index (κ2) is 13.2. The molecule has 4 nitrogen and oxygen atoms in total. The molecule has 0 spiro atoms. The van der Waals surface area contributed by atoms with Gasteiger partial charge in [0.15, 0.2) is 0 Å². The van der Waals surface area contributed by atoms with E-state index in [0.717, 1.165) is 12.2 Å². The molecule has 90 valence electrons. The van der Waals surface area contributed by atoms with Crippen LogP contribution in [0, 0.1) is 0 Å². The molecule has 0 bridgehead atoms. The first-order valence-corrected chi connectivity index (χ1v) is 4.72. The van der Waals surface area contributed by atoms with Gasteiger partial charge >= 0.3 is 49.7 Å². The van der Waals surface area contributed by atoms with E-state index >= 15 is 0 Å². The Labute approximate surface area is 134 Å². The average Bonchev–Trinajstić information content (AvgIpc) is 2.27. The molecular formula is C12H16CaO4. The van der Waals surface area contributed by atoms with E-state index in [9.17, 15) is 9.59 Å². The van der Waals surface area contributed by atoms with Gasteiger partial charge in [-0.3, -0.25) is 0 Å².